The van der Waals surface area contributed by atoms with E-state index in [-0.39, 0.29) is 5.82 Å². The second-order valence-corrected chi connectivity index (χ2v) is 6.21. The van der Waals surface area contributed by atoms with Gasteiger partial charge in [-0.25, -0.2) is 9.37 Å². The molecule has 0 fully saturated rings. The largest absolute Gasteiger partial charge is 0.329 e. The number of halogens is 1. The quantitative estimate of drug-likeness (QED) is 0.685. The van der Waals surface area contributed by atoms with Gasteiger partial charge in [0.1, 0.15) is 11.6 Å². The minimum Gasteiger partial charge on any atom is -0.329 e. The summed E-state index contributed by atoms with van der Waals surface area (Å²) < 4.78 is 15.7. The molecule has 0 spiro atoms. The normalized spacial score (nSPS) is 11.5. The highest BCUT2D eigenvalue weighted by atomic mass is 19.1. The number of imidazole rings is 1. The summed E-state index contributed by atoms with van der Waals surface area (Å²) >= 11 is 0. The van der Waals surface area contributed by atoms with Gasteiger partial charge in [0.05, 0.1) is 17.6 Å². The molecule has 3 aromatic rings. The third-order valence-electron chi connectivity index (χ3n) is 4.48. The summed E-state index contributed by atoms with van der Waals surface area (Å²) in [6.07, 6.45) is 0.974. The molecule has 0 aliphatic rings. The van der Waals surface area contributed by atoms with Gasteiger partial charge >= 0.3 is 0 Å². The average Bonchev–Trinajstić information content (AvgIpc) is 2.96. The van der Waals surface area contributed by atoms with E-state index >= 15 is 0 Å². The zero-order valence-electron chi connectivity index (χ0n) is 14.7. The fraction of sp³-hybridized carbons (Fsp3) is 0.350. The lowest BCUT2D eigenvalue weighted by molar-refractivity contribution is 0.266. The maximum atomic E-state index is 13.5. The minimum absolute atomic E-state index is 0.248. The first kappa shape index (κ1) is 17.6. The fourth-order valence-electron chi connectivity index (χ4n) is 3.21. The summed E-state index contributed by atoms with van der Waals surface area (Å²) in [4.78, 5) is 6.98. The van der Waals surface area contributed by atoms with E-state index in [1.165, 1.54) is 17.7 Å². The second kappa shape index (κ2) is 8.23. The molecular formula is C20H25FN4. The zero-order chi connectivity index (χ0) is 17.6. The molecule has 0 bridgehead atoms. The molecule has 0 saturated heterocycles. The molecule has 0 amide bonds. The van der Waals surface area contributed by atoms with E-state index in [1.807, 2.05) is 12.1 Å². The molecule has 0 radical (unpaired) electrons. The van der Waals surface area contributed by atoms with Crippen LogP contribution in [0, 0.1) is 5.82 Å². The first-order chi connectivity index (χ1) is 12.2. The fourth-order valence-corrected chi connectivity index (χ4v) is 3.21. The Kier molecular flexibility index (Phi) is 5.79. The summed E-state index contributed by atoms with van der Waals surface area (Å²) in [6, 6.07) is 15.2. The van der Waals surface area contributed by atoms with Crippen molar-refractivity contribution in [3.63, 3.8) is 0 Å². The summed E-state index contributed by atoms with van der Waals surface area (Å²) in [6.45, 7) is 5.96. The number of nitrogens with zero attached hydrogens (tertiary/aromatic N) is 3. The van der Waals surface area contributed by atoms with Crippen molar-refractivity contribution in [3.8, 4) is 0 Å². The number of aromatic nitrogens is 2. The van der Waals surface area contributed by atoms with E-state index in [9.17, 15) is 4.39 Å². The standard InChI is InChI=1S/C20H25FN4/c1-2-25-19-9-8-17(21)14-18(19)23-20(25)15-24(13-11-22)12-10-16-6-4-3-5-7-16/h3-9,14H,2,10-13,15,22H2,1H3. The zero-order valence-corrected chi connectivity index (χ0v) is 14.7. The lowest BCUT2D eigenvalue weighted by atomic mass is 10.1. The molecule has 2 aromatic carbocycles. The van der Waals surface area contributed by atoms with Crippen molar-refractivity contribution in [2.75, 3.05) is 19.6 Å². The molecule has 2 N–H and O–H groups in total. The maximum absolute atomic E-state index is 13.5. The van der Waals surface area contributed by atoms with Gasteiger partial charge in [-0.1, -0.05) is 30.3 Å². The lowest BCUT2D eigenvalue weighted by Gasteiger charge is -2.21. The predicted molar refractivity (Wildman–Crippen MR) is 99.8 cm³/mol. The summed E-state index contributed by atoms with van der Waals surface area (Å²) in [5, 5.41) is 0. The highest BCUT2D eigenvalue weighted by molar-refractivity contribution is 5.76. The second-order valence-electron chi connectivity index (χ2n) is 6.21. The van der Waals surface area contributed by atoms with Crippen molar-refractivity contribution >= 4 is 11.0 Å². The van der Waals surface area contributed by atoms with Crippen molar-refractivity contribution in [2.24, 2.45) is 5.73 Å². The van der Waals surface area contributed by atoms with Gasteiger partial charge in [0, 0.05) is 32.2 Å². The lowest BCUT2D eigenvalue weighted by Crippen LogP contribution is -2.32. The van der Waals surface area contributed by atoms with E-state index < -0.39 is 0 Å². The van der Waals surface area contributed by atoms with E-state index in [1.54, 1.807) is 0 Å². The Morgan fingerprint density at radius 2 is 1.92 bits per heavy atom. The first-order valence-corrected chi connectivity index (χ1v) is 8.82. The molecule has 5 heteroatoms. The smallest absolute Gasteiger partial charge is 0.125 e. The Hall–Kier alpha value is -2.24. The molecular weight excluding hydrogens is 315 g/mol. The number of hydrogen-bond donors (Lipinski definition) is 1. The van der Waals surface area contributed by atoms with E-state index in [0.717, 1.165) is 37.4 Å². The minimum atomic E-state index is -0.248. The van der Waals surface area contributed by atoms with Gasteiger partial charge in [0.25, 0.3) is 0 Å². The van der Waals surface area contributed by atoms with Crippen molar-refractivity contribution in [2.45, 2.75) is 26.4 Å². The van der Waals surface area contributed by atoms with Crippen LogP contribution in [-0.4, -0.2) is 34.1 Å². The number of nitrogens with two attached hydrogens (primary N) is 1. The van der Waals surface area contributed by atoms with E-state index in [4.69, 9.17) is 5.73 Å². The third-order valence-corrected chi connectivity index (χ3v) is 4.48. The van der Waals surface area contributed by atoms with Crippen LogP contribution < -0.4 is 5.73 Å². The van der Waals surface area contributed by atoms with Crippen molar-refractivity contribution in [1.82, 2.24) is 14.5 Å². The summed E-state index contributed by atoms with van der Waals surface area (Å²) in [7, 11) is 0. The molecule has 132 valence electrons. The van der Waals surface area contributed by atoms with Gasteiger partial charge in [-0.05, 0) is 31.0 Å². The van der Waals surface area contributed by atoms with Gasteiger partial charge in [-0.15, -0.1) is 0 Å². The number of aryl methyl sites for hydroxylation is 1. The maximum Gasteiger partial charge on any atom is 0.125 e. The number of fused-ring (bicyclic) bond motifs is 1. The van der Waals surface area contributed by atoms with Crippen molar-refractivity contribution in [3.05, 3.63) is 65.7 Å². The van der Waals surface area contributed by atoms with Crippen LogP contribution in [0.5, 0.6) is 0 Å². The van der Waals surface area contributed by atoms with Crippen LogP contribution in [0.2, 0.25) is 0 Å². The van der Waals surface area contributed by atoms with Crippen LogP contribution in [-0.2, 0) is 19.5 Å². The van der Waals surface area contributed by atoms with E-state index in [2.05, 4.69) is 45.6 Å². The molecule has 0 aliphatic carbocycles. The van der Waals surface area contributed by atoms with Gasteiger partial charge in [-0.3, -0.25) is 4.90 Å². The highest BCUT2D eigenvalue weighted by Gasteiger charge is 2.14. The van der Waals surface area contributed by atoms with Crippen LogP contribution >= 0.6 is 0 Å². The van der Waals surface area contributed by atoms with Crippen LogP contribution in [0.3, 0.4) is 0 Å². The molecule has 3 rings (SSSR count). The monoisotopic (exact) mass is 340 g/mol. The molecule has 0 aliphatic heterocycles. The van der Waals surface area contributed by atoms with Crippen LogP contribution in [0.1, 0.15) is 18.3 Å². The SMILES string of the molecule is CCn1c(CN(CCN)CCc2ccccc2)nc2cc(F)ccc21. The van der Waals surface area contributed by atoms with Crippen molar-refractivity contribution < 1.29 is 4.39 Å². The highest BCUT2D eigenvalue weighted by Crippen LogP contribution is 2.19. The number of benzene rings is 2. The topological polar surface area (TPSA) is 47.1 Å². The van der Waals surface area contributed by atoms with Gasteiger partial charge < -0.3 is 10.3 Å². The van der Waals surface area contributed by atoms with E-state index in [0.29, 0.717) is 18.6 Å². The number of rotatable bonds is 8. The Morgan fingerprint density at radius 1 is 1.12 bits per heavy atom. The molecule has 1 aromatic heterocycles. The predicted octanol–water partition coefficient (Wildman–Crippen LogP) is 3.20. The molecule has 1 heterocycles. The third kappa shape index (κ3) is 4.24. The number of hydrogen-bond acceptors (Lipinski definition) is 3. The van der Waals surface area contributed by atoms with Crippen LogP contribution in [0.4, 0.5) is 4.39 Å². The Morgan fingerprint density at radius 3 is 2.64 bits per heavy atom. The molecule has 25 heavy (non-hydrogen) atoms. The average molecular weight is 340 g/mol. The first-order valence-electron chi connectivity index (χ1n) is 8.82. The Bertz CT molecular complexity index is 813. The molecule has 0 atom stereocenters. The van der Waals surface area contributed by atoms with Crippen molar-refractivity contribution in [1.29, 1.82) is 0 Å². The Labute approximate surface area is 148 Å². The Balaban J connectivity index is 1.78. The summed E-state index contributed by atoms with van der Waals surface area (Å²) in [5.41, 5.74) is 8.81. The van der Waals surface area contributed by atoms with Crippen LogP contribution in [0.15, 0.2) is 48.5 Å². The summed E-state index contributed by atoms with van der Waals surface area (Å²) in [5.74, 6) is 0.715. The van der Waals surface area contributed by atoms with Gasteiger partial charge in [0.15, 0.2) is 0 Å². The molecule has 0 saturated carbocycles. The van der Waals surface area contributed by atoms with Gasteiger partial charge in [0.2, 0.25) is 0 Å². The van der Waals surface area contributed by atoms with Gasteiger partial charge in [-0.2, -0.15) is 0 Å². The molecule has 4 nitrogen and oxygen atoms in total. The van der Waals surface area contributed by atoms with Crippen LogP contribution in [0.25, 0.3) is 11.0 Å². The molecule has 0 unspecified atom stereocenters.